The number of pyridine rings is 1. The maximum absolute atomic E-state index is 5.40. The molecule has 23 heavy (non-hydrogen) atoms. The van der Waals surface area contributed by atoms with E-state index in [0.29, 0.717) is 12.5 Å². The molecule has 118 valence electrons. The highest BCUT2D eigenvalue weighted by Crippen LogP contribution is 2.28. The topological polar surface area (TPSA) is 78.6 Å². The molecule has 3 aromatic heterocycles. The molecule has 0 amide bonds. The van der Waals surface area contributed by atoms with E-state index in [0.717, 1.165) is 28.2 Å². The summed E-state index contributed by atoms with van der Waals surface area (Å²) in [4.78, 5) is 12.7. The van der Waals surface area contributed by atoms with Gasteiger partial charge in [-0.2, -0.15) is 0 Å². The molecule has 0 aliphatic carbocycles. The average molecular weight is 328 g/mol. The van der Waals surface area contributed by atoms with Crippen molar-refractivity contribution in [2.45, 2.75) is 30.6 Å². The molecule has 0 bridgehead atoms. The first kappa shape index (κ1) is 15.4. The Morgan fingerprint density at radius 1 is 1.13 bits per heavy atom. The van der Waals surface area contributed by atoms with Gasteiger partial charge in [0.1, 0.15) is 17.0 Å². The van der Waals surface area contributed by atoms with Crippen LogP contribution in [-0.4, -0.2) is 36.3 Å². The Bertz CT molecular complexity index is 777. The van der Waals surface area contributed by atoms with Crippen molar-refractivity contribution in [1.29, 1.82) is 0 Å². The van der Waals surface area contributed by atoms with Crippen molar-refractivity contribution in [2.75, 3.05) is 6.61 Å². The molecule has 3 rings (SSSR count). The zero-order valence-corrected chi connectivity index (χ0v) is 13.7. The lowest BCUT2D eigenvalue weighted by Gasteiger charge is -2.07. The first-order chi connectivity index (χ1) is 11.3. The second-order valence-corrected chi connectivity index (χ2v) is 5.48. The Morgan fingerprint density at radius 3 is 2.78 bits per heavy atom. The van der Waals surface area contributed by atoms with Crippen LogP contribution in [0, 0.1) is 0 Å². The van der Waals surface area contributed by atoms with E-state index in [4.69, 9.17) is 4.74 Å². The normalized spacial score (nSPS) is 10.7. The smallest absolute Gasteiger partial charge is 0.217 e. The van der Waals surface area contributed by atoms with Crippen LogP contribution in [0.4, 0.5) is 0 Å². The Morgan fingerprint density at radius 2 is 2.04 bits per heavy atom. The fourth-order valence-corrected chi connectivity index (χ4v) is 2.89. The van der Waals surface area contributed by atoms with Crippen molar-refractivity contribution in [3.05, 3.63) is 36.8 Å². The molecule has 3 aromatic rings. The van der Waals surface area contributed by atoms with Gasteiger partial charge in [0, 0.05) is 18.8 Å². The van der Waals surface area contributed by atoms with Gasteiger partial charge in [0.2, 0.25) is 5.88 Å². The van der Waals surface area contributed by atoms with Gasteiger partial charge < -0.3 is 9.30 Å². The molecule has 8 heteroatoms. The average Bonchev–Trinajstić information content (AvgIpc) is 2.99. The first-order valence-corrected chi connectivity index (χ1v) is 8.10. The van der Waals surface area contributed by atoms with Gasteiger partial charge in [-0.1, -0.05) is 6.07 Å². The summed E-state index contributed by atoms with van der Waals surface area (Å²) >= 11 is 1.42. The fourth-order valence-electron chi connectivity index (χ4n) is 2.03. The summed E-state index contributed by atoms with van der Waals surface area (Å²) in [6, 6.07) is 7.52. The number of hydrogen-bond acceptors (Lipinski definition) is 7. The molecular formula is C15H16N6OS. The molecule has 0 aliphatic rings. The van der Waals surface area contributed by atoms with E-state index in [1.54, 1.807) is 12.3 Å². The maximum atomic E-state index is 5.40. The summed E-state index contributed by atoms with van der Waals surface area (Å²) in [7, 11) is 0. The Labute approximate surface area is 138 Å². The van der Waals surface area contributed by atoms with Gasteiger partial charge in [0.15, 0.2) is 11.0 Å². The molecule has 0 saturated heterocycles. The van der Waals surface area contributed by atoms with Crippen LogP contribution in [0.15, 0.2) is 47.0 Å². The Kier molecular flexibility index (Phi) is 4.82. The van der Waals surface area contributed by atoms with E-state index in [1.165, 1.54) is 18.1 Å². The molecule has 0 aromatic carbocycles. The van der Waals surface area contributed by atoms with Crippen LogP contribution in [0.1, 0.15) is 13.8 Å². The van der Waals surface area contributed by atoms with E-state index >= 15 is 0 Å². The molecule has 0 atom stereocenters. The van der Waals surface area contributed by atoms with Gasteiger partial charge in [0.25, 0.3) is 0 Å². The zero-order chi connectivity index (χ0) is 16.1. The standard InChI is InChI=1S/C15H16N6OS/c1-3-21-14(11-7-5-6-8-16-11)19-20-15(21)23-13-9-12(22-4-2)17-10-18-13/h5-10H,3-4H2,1-2H3. The van der Waals surface area contributed by atoms with Crippen molar-refractivity contribution in [3.8, 4) is 17.4 Å². The molecule has 0 aliphatic heterocycles. The lowest BCUT2D eigenvalue weighted by atomic mass is 10.3. The van der Waals surface area contributed by atoms with Gasteiger partial charge in [-0.15, -0.1) is 10.2 Å². The Balaban J connectivity index is 1.89. The van der Waals surface area contributed by atoms with Crippen molar-refractivity contribution in [1.82, 2.24) is 29.7 Å². The summed E-state index contributed by atoms with van der Waals surface area (Å²) in [6.07, 6.45) is 3.23. The molecular weight excluding hydrogens is 312 g/mol. The van der Waals surface area contributed by atoms with Crippen LogP contribution in [0.2, 0.25) is 0 Å². The molecule has 3 heterocycles. The van der Waals surface area contributed by atoms with Crippen LogP contribution >= 0.6 is 11.8 Å². The van der Waals surface area contributed by atoms with E-state index in [9.17, 15) is 0 Å². The number of nitrogens with zero attached hydrogens (tertiary/aromatic N) is 6. The van der Waals surface area contributed by atoms with Crippen LogP contribution < -0.4 is 4.74 Å². The van der Waals surface area contributed by atoms with Crippen molar-refractivity contribution < 1.29 is 4.74 Å². The summed E-state index contributed by atoms with van der Waals surface area (Å²) in [5.74, 6) is 1.30. The maximum Gasteiger partial charge on any atom is 0.217 e. The van der Waals surface area contributed by atoms with Crippen molar-refractivity contribution in [3.63, 3.8) is 0 Å². The summed E-state index contributed by atoms with van der Waals surface area (Å²) in [5, 5.41) is 10.1. The first-order valence-electron chi connectivity index (χ1n) is 7.29. The van der Waals surface area contributed by atoms with Gasteiger partial charge in [-0.25, -0.2) is 9.97 Å². The second kappa shape index (κ2) is 7.19. The minimum atomic E-state index is 0.553. The number of aromatic nitrogens is 6. The molecule has 0 radical (unpaired) electrons. The third-order valence-corrected chi connectivity index (χ3v) is 3.95. The predicted octanol–water partition coefficient (Wildman–Crippen LogP) is 2.70. The summed E-state index contributed by atoms with van der Waals surface area (Å²) in [6.45, 7) is 5.27. The largest absolute Gasteiger partial charge is 0.478 e. The van der Waals surface area contributed by atoms with Gasteiger partial charge in [0.05, 0.1) is 6.61 Å². The van der Waals surface area contributed by atoms with Crippen LogP contribution in [-0.2, 0) is 6.54 Å². The van der Waals surface area contributed by atoms with Gasteiger partial charge in [-0.05, 0) is 37.7 Å². The lowest BCUT2D eigenvalue weighted by Crippen LogP contribution is -2.01. The molecule has 0 saturated carbocycles. The molecule has 0 N–H and O–H groups in total. The van der Waals surface area contributed by atoms with E-state index in [-0.39, 0.29) is 0 Å². The summed E-state index contributed by atoms with van der Waals surface area (Å²) in [5.41, 5.74) is 0.798. The minimum absolute atomic E-state index is 0.553. The highest BCUT2D eigenvalue weighted by molar-refractivity contribution is 7.99. The monoisotopic (exact) mass is 328 g/mol. The van der Waals surface area contributed by atoms with Gasteiger partial charge in [-0.3, -0.25) is 4.98 Å². The number of rotatable bonds is 6. The predicted molar refractivity (Wildman–Crippen MR) is 86.3 cm³/mol. The number of hydrogen-bond donors (Lipinski definition) is 0. The van der Waals surface area contributed by atoms with E-state index < -0.39 is 0 Å². The molecule has 0 fully saturated rings. The highest BCUT2D eigenvalue weighted by atomic mass is 32.2. The highest BCUT2D eigenvalue weighted by Gasteiger charge is 2.15. The number of ether oxygens (including phenoxy) is 1. The molecule has 0 unspecified atom stereocenters. The minimum Gasteiger partial charge on any atom is -0.478 e. The SMILES string of the molecule is CCOc1cc(Sc2nnc(-c3ccccn3)n2CC)ncn1. The summed E-state index contributed by atoms with van der Waals surface area (Å²) < 4.78 is 7.41. The van der Waals surface area contributed by atoms with Crippen molar-refractivity contribution >= 4 is 11.8 Å². The van der Waals surface area contributed by atoms with Gasteiger partial charge >= 0.3 is 0 Å². The third-order valence-electron chi connectivity index (χ3n) is 3.03. The molecule has 0 spiro atoms. The zero-order valence-electron chi connectivity index (χ0n) is 12.9. The fraction of sp³-hybridized carbons (Fsp3) is 0.267. The van der Waals surface area contributed by atoms with Crippen molar-refractivity contribution in [2.24, 2.45) is 0 Å². The van der Waals surface area contributed by atoms with E-state index in [2.05, 4.69) is 25.1 Å². The van der Waals surface area contributed by atoms with Crippen LogP contribution in [0.5, 0.6) is 5.88 Å². The van der Waals surface area contributed by atoms with E-state index in [1.807, 2.05) is 36.6 Å². The lowest BCUT2D eigenvalue weighted by molar-refractivity contribution is 0.324. The quantitative estimate of drug-likeness (QED) is 0.644. The Hall–Kier alpha value is -2.48. The van der Waals surface area contributed by atoms with Crippen LogP contribution in [0.25, 0.3) is 11.5 Å². The van der Waals surface area contributed by atoms with Crippen LogP contribution in [0.3, 0.4) is 0 Å². The molecule has 7 nitrogen and oxygen atoms in total. The third kappa shape index (κ3) is 3.48. The second-order valence-electron chi connectivity index (χ2n) is 4.49.